The lowest BCUT2D eigenvalue weighted by molar-refractivity contribution is -0.107. The van der Waals surface area contributed by atoms with E-state index in [0.29, 0.717) is 19.3 Å². The van der Waals surface area contributed by atoms with E-state index in [2.05, 4.69) is 13.8 Å². The fraction of sp³-hybridized carbons (Fsp3) is 1.00. The monoisotopic (exact) mass is 358 g/mol. The van der Waals surface area contributed by atoms with Crippen molar-refractivity contribution in [3.8, 4) is 0 Å². The molecule has 3 nitrogen and oxygen atoms in total. The van der Waals surface area contributed by atoms with Gasteiger partial charge in [-0.15, -0.1) is 0 Å². The molecule has 25 heavy (non-hydrogen) atoms. The Labute approximate surface area is 157 Å². The van der Waals surface area contributed by atoms with Gasteiger partial charge in [0, 0.05) is 0 Å². The Bertz CT molecular complexity index is 243. The minimum atomic E-state index is -0.691. The summed E-state index contributed by atoms with van der Waals surface area (Å²) in [5.41, 5.74) is 0. The van der Waals surface area contributed by atoms with Gasteiger partial charge in [0.1, 0.15) is 0 Å². The maximum atomic E-state index is 9.15. The summed E-state index contributed by atoms with van der Waals surface area (Å²) in [7, 11) is 0. The van der Waals surface area contributed by atoms with Gasteiger partial charge in [-0.1, -0.05) is 97.3 Å². The Kier molecular flexibility index (Phi) is 20.1. The zero-order chi connectivity index (χ0) is 18.6. The highest BCUT2D eigenvalue weighted by Gasteiger charge is 2.09. The average molecular weight is 359 g/mol. The first-order valence-electron chi connectivity index (χ1n) is 11.1. The van der Waals surface area contributed by atoms with Gasteiger partial charge in [-0.3, -0.25) is 0 Å². The molecule has 0 saturated carbocycles. The van der Waals surface area contributed by atoms with Crippen LogP contribution in [-0.2, 0) is 9.47 Å². The molecule has 0 aliphatic heterocycles. The molecule has 0 radical (unpaired) electrons. The highest BCUT2D eigenvalue weighted by molar-refractivity contribution is 4.60. The van der Waals surface area contributed by atoms with Gasteiger partial charge in [-0.2, -0.15) is 0 Å². The summed E-state index contributed by atoms with van der Waals surface area (Å²) in [6.07, 6.45) is 19.6. The largest absolute Gasteiger partial charge is 0.376 e. The lowest BCUT2D eigenvalue weighted by Gasteiger charge is -2.18. The van der Waals surface area contributed by atoms with E-state index in [-0.39, 0.29) is 0 Å². The van der Waals surface area contributed by atoms with Crippen molar-refractivity contribution in [2.24, 2.45) is 0 Å². The summed E-state index contributed by atoms with van der Waals surface area (Å²) in [6.45, 7) is 7.27. The molecule has 0 aromatic heterocycles. The van der Waals surface area contributed by atoms with Crippen molar-refractivity contribution in [3.63, 3.8) is 0 Å². The molecule has 2 atom stereocenters. The lowest BCUT2D eigenvalue weighted by atomic mass is 10.0. The number of hydrogen-bond donors (Lipinski definition) is 1. The highest BCUT2D eigenvalue weighted by atomic mass is 16.6. The molecule has 0 bridgehead atoms. The number of ether oxygens (including phenoxy) is 2. The molecule has 0 fully saturated rings. The van der Waals surface area contributed by atoms with Crippen LogP contribution >= 0.6 is 0 Å². The predicted molar refractivity (Wildman–Crippen MR) is 108 cm³/mol. The summed E-state index contributed by atoms with van der Waals surface area (Å²) < 4.78 is 11.2. The van der Waals surface area contributed by atoms with E-state index >= 15 is 0 Å². The van der Waals surface area contributed by atoms with E-state index < -0.39 is 6.29 Å². The molecule has 0 aromatic carbocycles. The molecular formula is C22H46O3. The zero-order valence-corrected chi connectivity index (χ0v) is 17.4. The van der Waals surface area contributed by atoms with Crippen LogP contribution in [0.3, 0.4) is 0 Å². The van der Waals surface area contributed by atoms with Crippen LogP contribution < -0.4 is 0 Å². The van der Waals surface area contributed by atoms with Crippen LogP contribution in [0.15, 0.2) is 0 Å². The maximum absolute atomic E-state index is 9.15. The normalized spacial score (nSPS) is 13.9. The lowest BCUT2D eigenvalue weighted by Crippen LogP contribution is -2.18. The fourth-order valence-corrected chi connectivity index (χ4v) is 3.23. The molecule has 0 amide bonds. The Morgan fingerprint density at radius 1 is 0.600 bits per heavy atom. The summed E-state index contributed by atoms with van der Waals surface area (Å²) in [5.74, 6) is 0. The minimum absolute atomic E-state index is 0.374. The summed E-state index contributed by atoms with van der Waals surface area (Å²) in [5, 5.41) is 9.15. The van der Waals surface area contributed by atoms with E-state index in [0.717, 1.165) is 0 Å². The SMILES string of the molecule is CCCCCCCCCC(CCCCCCCC)OCCOC(C)O. The van der Waals surface area contributed by atoms with E-state index in [1.165, 1.54) is 96.3 Å². The molecule has 0 saturated heterocycles. The van der Waals surface area contributed by atoms with Crippen LogP contribution in [0, 0.1) is 0 Å². The third-order valence-electron chi connectivity index (χ3n) is 4.81. The second-order valence-corrected chi connectivity index (χ2v) is 7.43. The van der Waals surface area contributed by atoms with Crippen molar-refractivity contribution >= 4 is 0 Å². The summed E-state index contributed by atoms with van der Waals surface area (Å²) in [6, 6.07) is 0. The van der Waals surface area contributed by atoms with Gasteiger partial charge in [-0.25, -0.2) is 0 Å². The van der Waals surface area contributed by atoms with Crippen molar-refractivity contribution in [1.82, 2.24) is 0 Å². The van der Waals surface area contributed by atoms with Gasteiger partial charge < -0.3 is 14.6 Å². The molecule has 0 spiro atoms. The van der Waals surface area contributed by atoms with Gasteiger partial charge in [0.05, 0.1) is 19.3 Å². The van der Waals surface area contributed by atoms with Crippen molar-refractivity contribution in [2.45, 2.75) is 129 Å². The van der Waals surface area contributed by atoms with Crippen molar-refractivity contribution in [2.75, 3.05) is 13.2 Å². The van der Waals surface area contributed by atoms with Gasteiger partial charge in [-0.05, 0) is 19.8 Å². The van der Waals surface area contributed by atoms with Crippen molar-refractivity contribution < 1.29 is 14.6 Å². The molecule has 0 aromatic rings. The fourth-order valence-electron chi connectivity index (χ4n) is 3.23. The average Bonchev–Trinajstić information content (AvgIpc) is 2.59. The first kappa shape index (κ1) is 24.9. The molecule has 1 N–H and O–H groups in total. The molecule has 0 aliphatic carbocycles. The van der Waals surface area contributed by atoms with E-state index in [1.807, 2.05) is 0 Å². The highest BCUT2D eigenvalue weighted by Crippen LogP contribution is 2.17. The van der Waals surface area contributed by atoms with Gasteiger partial charge in [0.2, 0.25) is 0 Å². The van der Waals surface area contributed by atoms with Crippen LogP contribution in [0.4, 0.5) is 0 Å². The quantitative estimate of drug-likeness (QED) is 0.196. The second kappa shape index (κ2) is 20.2. The Hall–Kier alpha value is -0.120. The topological polar surface area (TPSA) is 38.7 Å². The van der Waals surface area contributed by atoms with Crippen LogP contribution in [0.5, 0.6) is 0 Å². The number of unbranched alkanes of at least 4 members (excludes halogenated alkanes) is 11. The Morgan fingerprint density at radius 3 is 1.44 bits per heavy atom. The Balaban J connectivity index is 3.78. The van der Waals surface area contributed by atoms with E-state index in [9.17, 15) is 0 Å². The first-order valence-corrected chi connectivity index (χ1v) is 11.1. The van der Waals surface area contributed by atoms with Gasteiger partial charge in [0.15, 0.2) is 6.29 Å². The zero-order valence-electron chi connectivity index (χ0n) is 17.4. The molecule has 2 unspecified atom stereocenters. The molecule has 0 heterocycles. The molecule has 0 rings (SSSR count). The van der Waals surface area contributed by atoms with Crippen LogP contribution in [0.1, 0.15) is 117 Å². The van der Waals surface area contributed by atoms with Crippen LogP contribution in [0.25, 0.3) is 0 Å². The van der Waals surface area contributed by atoms with E-state index in [4.69, 9.17) is 14.6 Å². The number of aliphatic hydroxyl groups excluding tert-OH is 1. The second-order valence-electron chi connectivity index (χ2n) is 7.43. The molecule has 0 aliphatic rings. The third-order valence-corrected chi connectivity index (χ3v) is 4.81. The van der Waals surface area contributed by atoms with Gasteiger partial charge in [0.25, 0.3) is 0 Å². The number of hydrogen-bond acceptors (Lipinski definition) is 3. The van der Waals surface area contributed by atoms with Crippen molar-refractivity contribution in [3.05, 3.63) is 0 Å². The third kappa shape index (κ3) is 20.0. The van der Waals surface area contributed by atoms with Crippen LogP contribution in [-0.4, -0.2) is 30.7 Å². The minimum Gasteiger partial charge on any atom is -0.376 e. The predicted octanol–water partition coefficient (Wildman–Crippen LogP) is 6.62. The number of rotatable bonds is 20. The Morgan fingerprint density at radius 2 is 1.00 bits per heavy atom. The standard InChI is InChI=1S/C22H46O3/c1-4-6-8-10-12-14-16-18-22(25-20-19-24-21(3)23)17-15-13-11-9-7-5-2/h21-23H,4-20H2,1-3H3. The molecule has 3 heteroatoms. The first-order chi connectivity index (χ1) is 12.2. The van der Waals surface area contributed by atoms with Gasteiger partial charge >= 0.3 is 0 Å². The maximum Gasteiger partial charge on any atom is 0.151 e. The summed E-state index contributed by atoms with van der Waals surface area (Å²) >= 11 is 0. The summed E-state index contributed by atoms with van der Waals surface area (Å²) in [4.78, 5) is 0. The van der Waals surface area contributed by atoms with Crippen molar-refractivity contribution in [1.29, 1.82) is 0 Å². The molecule has 152 valence electrons. The smallest absolute Gasteiger partial charge is 0.151 e. The number of aliphatic hydroxyl groups is 1. The van der Waals surface area contributed by atoms with E-state index in [1.54, 1.807) is 6.92 Å². The molecular weight excluding hydrogens is 312 g/mol. The van der Waals surface area contributed by atoms with Crippen LogP contribution in [0.2, 0.25) is 0 Å².